The van der Waals surface area contributed by atoms with Gasteiger partial charge in [-0.15, -0.1) is 0 Å². The average molecular weight is 251 g/mol. The van der Waals surface area contributed by atoms with Crippen LogP contribution in [-0.4, -0.2) is 30.0 Å². The van der Waals surface area contributed by atoms with Gasteiger partial charge in [0.25, 0.3) is 0 Å². The molecule has 2 rings (SSSR count). The quantitative estimate of drug-likeness (QED) is 0.866. The monoisotopic (exact) mass is 251 g/mol. The van der Waals surface area contributed by atoms with Gasteiger partial charge in [-0.25, -0.2) is 0 Å². The highest BCUT2D eigenvalue weighted by Gasteiger charge is 2.22. The second-order valence-corrected chi connectivity index (χ2v) is 5.23. The first-order chi connectivity index (χ1) is 8.47. The van der Waals surface area contributed by atoms with Crippen molar-refractivity contribution < 1.29 is 14.6 Å². The lowest BCUT2D eigenvalue weighted by Gasteiger charge is -2.27. The summed E-state index contributed by atoms with van der Waals surface area (Å²) in [6.07, 6.45) is 0.900. The van der Waals surface area contributed by atoms with Crippen LogP contribution in [0.4, 0.5) is 5.69 Å². The number of hydrogen-bond donors (Lipinski definition) is 2. The normalized spacial score (nSPS) is 16.9. The zero-order valence-corrected chi connectivity index (χ0v) is 11.2. The van der Waals surface area contributed by atoms with Gasteiger partial charge in [-0.3, -0.25) is 0 Å². The molecule has 0 radical (unpaired) electrons. The molecule has 18 heavy (non-hydrogen) atoms. The molecule has 0 aliphatic carbocycles. The van der Waals surface area contributed by atoms with Crippen molar-refractivity contribution in [1.29, 1.82) is 0 Å². The Hall–Kier alpha value is -1.42. The molecule has 0 saturated carbocycles. The van der Waals surface area contributed by atoms with Gasteiger partial charge in [-0.1, -0.05) is 0 Å². The van der Waals surface area contributed by atoms with Crippen molar-refractivity contribution in [3.05, 3.63) is 18.2 Å². The molecule has 0 bridgehead atoms. The van der Waals surface area contributed by atoms with Gasteiger partial charge in [0.2, 0.25) is 0 Å². The lowest BCUT2D eigenvalue weighted by molar-refractivity contribution is 0.0649. The van der Waals surface area contributed by atoms with Crippen LogP contribution in [0.15, 0.2) is 18.2 Å². The molecule has 0 aromatic heterocycles. The molecule has 100 valence electrons. The summed E-state index contributed by atoms with van der Waals surface area (Å²) in [6, 6.07) is 5.71. The minimum absolute atomic E-state index is 0.0535. The Morgan fingerprint density at radius 2 is 1.89 bits per heavy atom. The van der Waals surface area contributed by atoms with Crippen molar-refractivity contribution >= 4 is 5.69 Å². The first-order valence-electron chi connectivity index (χ1n) is 6.35. The third-order valence-electron chi connectivity index (χ3n) is 3.19. The van der Waals surface area contributed by atoms with Crippen molar-refractivity contribution in [2.45, 2.75) is 38.8 Å². The molecule has 0 spiro atoms. The van der Waals surface area contributed by atoms with Crippen LogP contribution >= 0.6 is 0 Å². The fourth-order valence-corrected chi connectivity index (χ4v) is 1.68. The number of benzene rings is 1. The predicted molar refractivity (Wildman–Crippen MR) is 71.4 cm³/mol. The van der Waals surface area contributed by atoms with Crippen molar-refractivity contribution in [3.8, 4) is 11.5 Å². The van der Waals surface area contributed by atoms with Crippen LogP contribution in [0, 0.1) is 0 Å². The molecular formula is C14H21NO3. The van der Waals surface area contributed by atoms with Crippen molar-refractivity contribution in [3.63, 3.8) is 0 Å². The molecule has 4 heteroatoms. The van der Waals surface area contributed by atoms with Gasteiger partial charge in [-0.05, 0) is 32.9 Å². The third kappa shape index (κ3) is 3.07. The van der Waals surface area contributed by atoms with Crippen LogP contribution < -0.4 is 14.8 Å². The number of hydrogen-bond acceptors (Lipinski definition) is 4. The molecule has 1 unspecified atom stereocenters. The highest BCUT2D eigenvalue weighted by molar-refractivity contribution is 5.55. The topological polar surface area (TPSA) is 50.7 Å². The van der Waals surface area contributed by atoms with Gasteiger partial charge < -0.3 is 19.9 Å². The summed E-state index contributed by atoms with van der Waals surface area (Å²) < 4.78 is 11.2. The molecule has 0 fully saturated rings. The Bertz CT molecular complexity index is 412. The van der Waals surface area contributed by atoms with Crippen LogP contribution in [0.5, 0.6) is 11.5 Å². The molecule has 1 aromatic carbocycles. The molecule has 1 aliphatic heterocycles. The second kappa shape index (κ2) is 5.06. The molecule has 1 heterocycles. The zero-order chi connectivity index (χ0) is 13.2. The standard InChI is InChI=1S/C14H21NO3/c1-10(14(2,3)16)15-11-5-6-12-13(9-11)18-8-4-7-17-12/h5-6,9-10,15-16H,4,7-8H2,1-3H3. The van der Waals surface area contributed by atoms with E-state index in [1.807, 2.05) is 25.1 Å². The molecule has 1 aliphatic rings. The van der Waals surface area contributed by atoms with Gasteiger partial charge in [0.05, 0.1) is 24.9 Å². The highest BCUT2D eigenvalue weighted by atomic mass is 16.5. The lowest BCUT2D eigenvalue weighted by atomic mass is 10.0. The molecular weight excluding hydrogens is 230 g/mol. The Kier molecular flexibility index (Phi) is 3.66. The summed E-state index contributed by atoms with van der Waals surface area (Å²) in [5.74, 6) is 1.55. The maximum Gasteiger partial charge on any atom is 0.163 e. The van der Waals surface area contributed by atoms with E-state index in [1.165, 1.54) is 0 Å². The number of anilines is 1. The van der Waals surface area contributed by atoms with E-state index in [9.17, 15) is 5.11 Å². The van der Waals surface area contributed by atoms with Crippen LogP contribution in [-0.2, 0) is 0 Å². The summed E-state index contributed by atoms with van der Waals surface area (Å²) in [5, 5.41) is 13.2. The first-order valence-corrected chi connectivity index (χ1v) is 6.35. The van der Waals surface area contributed by atoms with Crippen molar-refractivity contribution in [2.75, 3.05) is 18.5 Å². The Balaban J connectivity index is 2.13. The number of fused-ring (bicyclic) bond motifs is 1. The minimum Gasteiger partial charge on any atom is -0.490 e. The molecule has 1 aromatic rings. The lowest BCUT2D eigenvalue weighted by Crippen LogP contribution is -2.39. The summed E-state index contributed by atoms with van der Waals surface area (Å²) >= 11 is 0. The number of ether oxygens (including phenoxy) is 2. The predicted octanol–water partition coefficient (Wildman–Crippen LogP) is 2.42. The van der Waals surface area contributed by atoms with Crippen molar-refractivity contribution in [2.24, 2.45) is 0 Å². The smallest absolute Gasteiger partial charge is 0.163 e. The van der Waals surface area contributed by atoms with Gasteiger partial charge in [0, 0.05) is 18.2 Å². The SMILES string of the molecule is CC(Nc1ccc2c(c1)OCCCO2)C(C)(C)O. The van der Waals surface area contributed by atoms with E-state index in [0.717, 1.165) is 23.6 Å². The van der Waals surface area contributed by atoms with Crippen LogP contribution in [0.25, 0.3) is 0 Å². The Morgan fingerprint density at radius 1 is 1.22 bits per heavy atom. The van der Waals surface area contributed by atoms with E-state index < -0.39 is 5.60 Å². The molecule has 0 amide bonds. The second-order valence-electron chi connectivity index (χ2n) is 5.23. The van der Waals surface area contributed by atoms with Gasteiger partial charge in [0.15, 0.2) is 11.5 Å². The maximum atomic E-state index is 9.91. The Morgan fingerprint density at radius 3 is 2.56 bits per heavy atom. The largest absolute Gasteiger partial charge is 0.490 e. The van der Waals surface area contributed by atoms with Gasteiger partial charge >= 0.3 is 0 Å². The summed E-state index contributed by atoms with van der Waals surface area (Å²) in [6.45, 7) is 6.89. The fraction of sp³-hybridized carbons (Fsp3) is 0.571. The summed E-state index contributed by atoms with van der Waals surface area (Å²) in [5.41, 5.74) is 0.151. The van der Waals surface area contributed by atoms with Gasteiger partial charge in [0.1, 0.15) is 0 Å². The highest BCUT2D eigenvalue weighted by Crippen LogP contribution is 2.32. The van der Waals surface area contributed by atoms with Crippen LogP contribution in [0.3, 0.4) is 0 Å². The van der Waals surface area contributed by atoms with E-state index in [1.54, 1.807) is 13.8 Å². The number of rotatable bonds is 3. The summed E-state index contributed by atoms with van der Waals surface area (Å²) in [4.78, 5) is 0. The molecule has 1 atom stereocenters. The fourth-order valence-electron chi connectivity index (χ4n) is 1.68. The van der Waals surface area contributed by atoms with E-state index in [-0.39, 0.29) is 6.04 Å². The van der Waals surface area contributed by atoms with Crippen molar-refractivity contribution in [1.82, 2.24) is 0 Å². The number of aliphatic hydroxyl groups is 1. The molecule has 0 saturated heterocycles. The molecule has 2 N–H and O–H groups in total. The average Bonchev–Trinajstić information content (AvgIpc) is 2.52. The first kappa shape index (κ1) is 13.0. The summed E-state index contributed by atoms with van der Waals surface area (Å²) in [7, 11) is 0. The zero-order valence-electron chi connectivity index (χ0n) is 11.2. The maximum absolute atomic E-state index is 9.91. The molecule has 4 nitrogen and oxygen atoms in total. The van der Waals surface area contributed by atoms with Crippen LogP contribution in [0.1, 0.15) is 27.2 Å². The Labute approximate surface area is 108 Å². The number of nitrogens with one attached hydrogen (secondary N) is 1. The van der Waals surface area contributed by atoms with Crippen LogP contribution in [0.2, 0.25) is 0 Å². The van der Waals surface area contributed by atoms with E-state index in [4.69, 9.17) is 9.47 Å². The van der Waals surface area contributed by atoms with E-state index >= 15 is 0 Å². The third-order valence-corrected chi connectivity index (χ3v) is 3.19. The minimum atomic E-state index is -0.774. The van der Waals surface area contributed by atoms with E-state index in [0.29, 0.717) is 13.2 Å². The van der Waals surface area contributed by atoms with Gasteiger partial charge in [-0.2, -0.15) is 0 Å². The van der Waals surface area contributed by atoms with E-state index in [2.05, 4.69) is 5.32 Å².